The second-order valence-electron chi connectivity index (χ2n) is 5.06. The molecule has 0 unspecified atom stereocenters. The Kier molecular flexibility index (Phi) is 3.20. The summed E-state index contributed by atoms with van der Waals surface area (Å²) in [5.74, 6) is 0.169. The zero-order chi connectivity index (χ0) is 15.0. The fourth-order valence-corrected chi connectivity index (χ4v) is 2.27. The fourth-order valence-electron chi connectivity index (χ4n) is 2.27. The van der Waals surface area contributed by atoms with Crippen LogP contribution in [0.25, 0.3) is 0 Å². The molecule has 1 amide bonds. The van der Waals surface area contributed by atoms with E-state index in [1.807, 2.05) is 6.92 Å². The minimum atomic E-state index is -0.483. The van der Waals surface area contributed by atoms with Gasteiger partial charge >= 0.3 is 0 Å². The van der Waals surface area contributed by atoms with Crippen LogP contribution in [-0.2, 0) is 6.42 Å². The number of nitrogens with zero attached hydrogens (tertiary/aromatic N) is 3. The Morgan fingerprint density at radius 2 is 2.38 bits per heavy atom. The number of nitrogens with one attached hydrogen (secondary N) is 2. The van der Waals surface area contributed by atoms with E-state index < -0.39 is 4.92 Å². The molecule has 8 heteroatoms. The van der Waals surface area contributed by atoms with Gasteiger partial charge in [0.15, 0.2) is 0 Å². The first-order chi connectivity index (χ1) is 10.1. The van der Waals surface area contributed by atoms with Crippen LogP contribution in [0.2, 0.25) is 0 Å². The quantitative estimate of drug-likeness (QED) is 0.650. The molecule has 1 saturated carbocycles. The summed E-state index contributed by atoms with van der Waals surface area (Å²) in [6.07, 6.45) is 5.70. The molecule has 0 spiro atoms. The molecular weight excluding hydrogens is 274 g/mol. The number of rotatable bonds is 5. The Labute approximate surface area is 120 Å². The summed E-state index contributed by atoms with van der Waals surface area (Å²) in [6, 6.07) is 1.50. The van der Waals surface area contributed by atoms with Gasteiger partial charge in [0, 0.05) is 17.7 Å². The number of amides is 1. The first-order valence-corrected chi connectivity index (χ1v) is 6.80. The van der Waals surface area contributed by atoms with Gasteiger partial charge in [-0.25, -0.2) is 0 Å². The molecule has 0 bridgehead atoms. The summed E-state index contributed by atoms with van der Waals surface area (Å²) >= 11 is 0. The average molecular weight is 289 g/mol. The van der Waals surface area contributed by atoms with Crippen molar-refractivity contribution in [2.45, 2.75) is 32.2 Å². The van der Waals surface area contributed by atoms with Crippen molar-refractivity contribution >= 4 is 17.4 Å². The van der Waals surface area contributed by atoms with Gasteiger partial charge < -0.3 is 9.88 Å². The molecule has 2 heterocycles. The second-order valence-corrected chi connectivity index (χ2v) is 5.06. The molecule has 3 rings (SSSR count). The van der Waals surface area contributed by atoms with Crippen molar-refractivity contribution in [2.24, 2.45) is 0 Å². The normalized spacial score (nSPS) is 14.1. The Morgan fingerprint density at radius 3 is 3.00 bits per heavy atom. The first-order valence-electron chi connectivity index (χ1n) is 6.80. The highest BCUT2D eigenvalue weighted by atomic mass is 16.6. The van der Waals surface area contributed by atoms with E-state index in [-0.39, 0.29) is 17.6 Å². The zero-order valence-electron chi connectivity index (χ0n) is 11.5. The number of aryl methyl sites for hydroxylation is 1. The number of nitro groups is 1. The lowest BCUT2D eigenvalue weighted by molar-refractivity contribution is -0.384. The molecule has 2 N–H and O–H groups in total. The lowest BCUT2D eigenvalue weighted by Crippen LogP contribution is -2.17. The third kappa shape index (κ3) is 2.51. The van der Waals surface area contributed by atoms with Crippen LogP contribution in [0.1, 0.15) is 41.9 Å². The van der Waals surface area contributed by atoms with Crippen LogP contribution >= 0.6 is 0 Å². The van der Waals surface area contributed by atoms with Crippen LogP contribution in [0.15, 0.2) is 18.5 Å². The molecule has 1 aliphatic carbocycles. The van der Waals surface area contributed by atoms with Gasteiger partial charge in [-0.15, -0.1) is 0 Å². The van der Waals surface area contributed by atoms with E-state index in [4.69, 9.17) is 0 Å². The molecule has 1 aliphatic rings. The first kappa shape index (κ1) is 13.3. The van der Waals surface area contributed by atoms with Gasteiger partial charge in [0.25, 0.3) is 11.6 Å². The number of aromatic amines is 1. The lowest BCUT2D eigenvalue weighted by atomic mass is 10.2. The SMILES string of the molecule is CCc1cn[nH]c1NC(=O)c1cc([N+](=O)[O-])cn1C1CC1. The maximum atomic E-state index is 12.4. The van der Waals surface area contributed by atoms with Crippen molar-refractivity contribution in [3.05, 3.63) is 39.8 Å². The van der Waals surface area contributed by atoms with E-state index >= 15 is 0 Å². The molecule has 2 aromatic heterocycles. The minimum absolute atomic E-state index is 0.0626. The molecular formula is C13H15N5O3. The summed E-state index contributed by atoms with van der Waals surface area (Å²) in [7, 11) is 0. The Morgan fingerprint density at radius 1 is 1.62 bits per heavy atom. The zero-order valence-corrected chi connectivity index (χ0v) is 11.5. The van der Waals surface area contributed by atoms with Crippen molar-refractivity contribution in [1.29, 1.82) is 0 Å². The molecule has 0 radical (unpaired) electrons. The number of carbonyl (C=O) groups excluding carboxylic acids is 1. The summed E-state index contributed by atoms with van der Waals surface area (Å²) in [5, 5.41) is 20.2. The standard InChI is InChI=1S/C13H15N5O3/c1-2-8-6-14-16-12(8)15-13(19)11-5-10(18(20)21)7-17(11)9-3-4-9/h5-7,9H,2-4H2,1H3,(H2,14,15,16,19). The van der Waals surface area contributed by atoms with E-state index in [2.05, 4.69) is 15.5 Å². The summed E-state index contributed by atoms with van der Waals surface area (Å²) in [5.41, 5.74) is 1.13. The highest BCUT2D eigenvalue weighted by Gasteiger charge is 2.30. The predicted molar refractivity (Wildman–Crippen MR) is 75.3 cm³/mol. The van der Waals surface area contributed by atoms with E-state index in [1.165, 1.54) is 12.3 Å². The van der Waals surface area contributed by atoms with Crippen molar-refractivity contribution in [3.8, 4) is 0 Å². The van der Waals surface area contributed by atoms with Gasteiger partial charge in [0.05, 0.1) is 17.3 Å². The molecule has 0 aromatic carbocycles. The summed E-state index contributed by atoms with van der Waals surface area (Å²) < 4.78 is 1.69. The second kappa shape index (κ2) is 5.04. The van der Waals surface area contributed by atoms with Crippen molar-refractivity contribution in [2.75, 3.05) is 5.32 Å². The van der Waals surface area contributed by atoms with E-state index in [1.54, 1.807) is 10.8 Å². The maximum absolute atomic E-state index is 12.4. The summed E-state index contributed by atoms with van der Waals surface area (Å²) in [6.45, 7) is 1.96. The largest absolute Gasteiger partial charge is 0.334 e. The van der Waals surface area contributed by atoms with E-state index in [0.717, 1.165) is 24.8 Å². The molecule has 0 atom stereocenters. The predicted octanol–water partition coefficient (Wildman–Crippen LogP) is 2.27. The number of aromatic nitrogens is 3. The molecule has 21 heavy (non-hydrogen) atoms. The van der Waals surface area contributed by atoms with Crippen LogP contribution in [0.5, 0.6) is 0 Å². The Hall–Kier alpha value is -2.64. The number of H-pyrrole nitrogens is 1. The molecule has 1 fully saturated rings. The van der Waals surface area contributed by atoms with Gasteiger partial charge in [0.1, 0.15) is 11.5 Å². The number of anilines is 1. The van der Waals surface area contributed by atoms with Gasteiger partial charge in [0.2, 0.25) is 0 Å². The minimum Gasteiger partial charge on any atom is -0.334 e. The monoisotopic (exact) mass is 289 g/mol. The maximum Gasteiger partial charge on any atom is 0.287 e. The average Bonchev–Trinajstić information content (AvgIpc) is 3.03. The number of hydrogen-bond donors (Lipinski definition) is 2. The smallest absolute Gasteiger partial charge is 0.287 e. The topological polar surface area (TPSA) is 106 Å². The van der Waals surface area contributed by atoms with Crippen molar-refractivity contribution < 1.29 is 9.72 Å². The molecule has 0 aliphatic heterocycles. The molecule has 2 aromatic rings. The van der Waals surface area contributed by atoms with Crippen LogP contribution in [0.4, 0.5) is 11.5 Å². The third-order valence-corrected chi connectivity index (χ3v) is 3.56. The Balaban J connectivity index is 1.88. The van der Waals surface area contributed by atoms with Gasteiger partial charge in [-0.1, -0.05) is 6.92 Å². The molecule has 8 nitrogen and oxygen atoms in total. The van der Waals surface area contributed by atoms with Crippen LogP contribution in [0, 0.1) is 10.1 Å². The van der Waals surface area contributed by atoms with Crippen molar-refractivity contribution in [3.63, 3.8) is 0 Å². The Bertz CT molecular complexity index is 698. The van der Waals surface area contributed by atoms with E-state index in [0.29, 0.717) is 11.5 Å². The van der Waals surface area contributed by atoms with Crippen LogP contribution in [0.3, 0.4) is 0 Å². The number of carbonyl (C=O) groups is 1. The van der Waals surface area contributed by atoms with Gasteiger partial charge in [-0.05, 0) is 19.3 Å². The van der Waals surface area contributed by atoms with Crippen LogP contribution in [-0.4, -0.2) is 25.6 Å². The fraction of sp³-hybridized carbons (Fsp3) is 0.385. The third-order valence-electron chi connectivity index (χ3n) is 3.56. The number of hydrogen-bond acceptors (Lipinski definition) is 4. The highest BCUT2D eigenvalue weighted by Crippen LogP contribution is 2.38. The van der Waals surface area contributed by atoms with Gasteiger partial charge in [-0.2, -0.15) is 5.10 Å². The van der Waals surface area contributed by atoms with E-state index in [9.17, 15) is 14.9 Å². The van der Waals surface area contributed by atoms with Crippen LogP contribution < -0.4 is 5.32 Å². The lowest BCUT2D eigenvalue weighted by Gasteiger charge is -2.07. The highest BCUT2D eigenvalue weighted by molar-refractivity contribution is 6.03. The van der Waals surface area contributed by atoms with Crippen molar-refractivity contribution in [1.82, 2.24) is 14.8 Å². The molecule has 110 valence electrons. The summed E-state index contributed by atoms with van der Waals surface area (Å²) in [4.78, 5) is 22.8. The van der Waals surface area contributed by atoms with Gasteiger partial charge in [-0.3, -0.25) is 20.0 Å². The molecule has 0 saturated heterocycles.